The second-order valence-electron chi connectivity index (χ2n) is 9.48. The number of ether oxygens (including phenoxy) is 1. The lowest BCUT2D eigenvalue weighted by Crippen LogP contribution is -2.37. The van der Waals surface area contributed by atoms with E-state index in [-0.39, 0.29) is 5.78 Å². The van der Waals surface area contributed by atoms with Crippen molar-refractivity contribution >= 4 is 34.3 Å². The van der Waals surface area contributed by atoms with Crippen molar-refractivity contribution in [2.45, 2.75) is 39.2 Å². The topological polar surface area (TPSA) is 85.2 Å². The Morgan fingerprint density at radius 2 is 1.81 bits per heavy atom. The molecule has 2 aliphatic rings. The summed E-state index contributed by atoms with van der Waals surface area (Å²) in [5, 5.41) is 3.42. The van der Waals surface area contributed by atoms with Gasteiger partial charge >= 0.3 is 0 Å². The SMILES string of the molecule is CCC(=O)c1ccc(Nc2cc(-c3ccc4nc(C)n(C5CC5)c4c3)nc(N3CCOCC3)n2)cc1. The summed E-state index contributed by atoms with van der Waals surface area (Å²) >= 11 is 0. The summed E-state index contributed by atoms with van der Waals surface area (Å²) in [5.74, 6) is 2.59. The highest BCUT2D eigenvalue weighted by Gasteiger charge is 2.27. The van der Waals surface area contributed by atoms with Crippen molar-refractivity contribution in [2.24, 2.45) is 0 Å². The van der Waals surface area contributed by atoms with Gasteiger partial charge in [-0.25, -0.2) is 9.97 Å². The molecule has 1 saturated carbocycles. The summed E-state index contributed by atoms with van der Waals surface area (Å²) in [6.45, 7) is 6.79. The minimum absolute atomic E-state index is 0.136. The van der Waals surface area contributed by atoms with Gasteiger partial charge < -0.3 is 19.5 Å². The zero-order chi connectivity index (χ0) is 24.6. The first-order valence-electron chi connectivity index (χ1n) is 12.7. The Balaban J connectivity index is 1.38. The van der Waals surface area contributed by atoms with E-state index in [4.69, 9.17) is 19.7 Å². The van der Waals surface area contributed by atoms with Crippen molar-refractivity contribution in [2.75, 3.05) is 36.5 Å². The van der Waals surface area contributed by atoms with Gasteiger partial charge in [0.1, 0.15) is 11.6 Å². The van der Waals surface area contributed by atoms with Gasteiger partial charge in [0, 0.05) is 48.4 Å². The molecule has 0 amide bonds. The van der Waals surface area contributed by atoms with Crippen LogP contribution in [-0.2, 0) is 4.74 Å². The molecular formula is C28H30N6O2. The lowest BCUT2D eigenvalue weighted by molar-refractivity contribution is 0.0988. The first kappa shape index (κ1) is 22.7. The number of imidazole rings is 1. The molecule has 1 saturated heterocycles. The number of hydrogen-bond donors (Lipinski definition) is 1. The van der Waals surface area contributed by atoms with Crippen LogP contribution in [0.3, 0.4) is 0 Å². The van der Waals surface area contributed by atoms with E-state index >= 15 is 0 Å². The Kier molecular flexibility index (Phi) is 5.89. The molecule has 36 heavy (non-hydrogen) atoms. The average Bonchev–Trinajstić information content (AvgIpc) is 3.69. The molecule has 6 rings (SSSR count). The average molecular weight is 483 g/mol. The molecule has 0 atom stereocenters. The van der Waals surface area contributed by atoms with E-state index < -0.39 is 0 Å². The molecular weight excluding hydrogens is 452 g/mol. The number of ketones is 1. The highest BCUT2D eigenvalue weighted by molar-refractivity contribution is 5.96. The molecule has 3 heterocycles. The number of anilines is 3. The van der Waals surface area contributed by atoms with Crippen LogP contribution in [0.2, 0.25) is 0 Å². The van der Waals surface area contributed by atoms with E-state index in [2.05, 4.69) is 39.9 Å². The van der Waals surface area contributed by atoms with Crippen molar-refractivity contribution in [1.82, 2.24) is 19.5 Å². The number of benzene rings is 2. The Morgan fingerprint density at radius 1 is 1.03 bits per heavy atom. The molecule has 1 aliphatic heterocycles. The number of carbonyl (C=O) groups is 1. The third kappa shape index (κ3) is 4.44. The molecule has 184 valence electrons. The fourth-order valence-corrected chi connectivity index (χ4v) is 4.81. The smallest absolute Gasteiger partial charge is 0.228 e. The van der Waals surface area contributed by atoms with Gasteiger partial charge in [-0.15, -0.1) is 0 Å². The number of nitrogens with one attached hydrogen (secondary N) is 1. The van der Waals surface area contributed by atoms with Gasteiger partial charge in [-0.2, -0.15) is 4.98 Å². The fraction of sp³-hybridized carbons (Fsp3) is 0.357. The van der Waals surface area contributed by atoms with E-state index in [1.165, 1.54) is 12.8 Å². The molecule has 8 nitrogen and oxygen atoms in total. The van der Waals surface area contributed by atoms with Crippen molar-refractivity contribution in [3.63, 3.8) is 0 Å². The molecule has 0 spiro atoms. The number of morpholine rings is 1. The standard InChI is InChI=1S/C28H30N6O2/c1-3-26(35)19-4-7-21(8-5-19)30-27-17-24(31-28(32-27)33-12-14-36-15-13-33)20-6-11-23-25(16-20)34(18(2)29-23)22-9-10-22/h4-8,11,16-17,22H,3,9-10,12-15H2,1-2H3,(H,30,31,32). The highest BCUT2D eigenvalue weighted by Crippen LogP contribution is 2.39. The summed E-state index contributed by atoms with van der Waals surface area (Å²) in [7, 11) is 0. The van der Waals surface area contributed by atoms with Crippen LogP contribution in [0.5, 0.6) is 0 Å². The lowest BCUT2D eigenvalue weighted by atomic mass is 10.1. The van der Waals surface area contributed by atoms with Crippen LogP contribution in [0, 0.1) is 6.92 Å². The number of aromatic nitrogens is 4. The number of rotatable bonds is 7. The number of nitrogens with zero attached hydrogens (tertiary/aromatic N) is 5. The first-order chi connectivity index (χ1) is 17.6. The Hall–Kier alpha value is -3.78. The summed E-state index contributed by atoms with van der Waals surface area (Å²) in [6.07, 6.45) is 2.92. The van der Waals surface area contributed by atoms with Crippen LogP contribution in [0.1, 0.15) is 48.4 Å². The van der Waals surface area contributed by atoms with E-state index in [0.717, 1.165) is 52.5 Å². The Morgan fingerprint density at radius 3 is 2.53 bits per heavy atom. The molecule has 2 fully saturated rings. The number of Topliss-reactive ketones (excluding diaryl/α,β-unsaturated/α-hetero) is 1. The van der Waals surface area contributed by atoms with Gasteiger partial charge in [-0.3, -0.25) is 4.79 Å². The second kappa shape index (κ2) is 9.35. The number of hydrogen-bond acceptors (Lipinski definition) is 7. The maximum atomic E-state index is 12.0. The monoisotopic (exact) mass is 482 g/mol. The van der Waals surface area contributed by atoms with Crippen LogP contribution in [0.4, 0.5) is 17.5 Å². The molecule has 0 bridgehead atoms. The van der Waals surface area contributed by atoms with E-state index in [0.29, 0.717) is 37.4 Å². The molecule has 0 unspecified atom stereocenters. The van der Waals surface area contributed by atoms with Gasteiger partial charge in [0.15, 0.2) is 5.78 Å². The van der Waals surface area contributed by atoms with Crippen molar-refractivity contribution in [3.8, 4) is 11.3 Å². The third-order valence-electron chi connectivity index (χ3n) is 6.88. The van der Waals surface area contributed by atoms with Crippen molar-refractivity contribution < 1.29 is 9.53 Å². The fourth-order valence-electron chi connectivity index (χ4n) is 4.81. The predicted molar refractivity (Wildman–Crippen MR) is 141 cm³/mol. The zero-order valence-electron chi connectivity index (χ0n) is 20.7. The van der Waals surface area contributed by atoms with E-state index in [1.807, 2.05) is 37.3 Å². The summed E-state index contributed by atoms with van der Waals surface area (Å²) in [5.41, 5.74) is 5.66. The quantitative estimate of drug-likeness (QED) is 0.357. The van der Waals surface area contributed by atoms with Gasteiger partial charge in [-0.1, -0.05) is 13.0 Å². The van der Waals surface area contributed by atoms with Gasteiger partial charge in [0.25, 0.3) is 0 Å². The summed E-state index contributed by atoms with van der Waals surface area (Å²) < 4.78 is 7.91. The summed E-state index contributed by atoms with van der Waals surface area (Å²) in [4.78, 5) is 28.7. The Bertz CT molecular complexity index is 1420. The minimum atomic E-state index is 0.136. The number of aryl methyl sites for hydroxylation is 1. The van der Waals surface area contributed by atoms with Gasteiger partial charge in [-0.05, 0) is 56.2 Å². The van der Waals surface area contributed by atoms with Crippen LogP contribution in [0.15, 0.2) is 48.5 Å². The maximum absolute atomic E-state index is 12.0. The number of fused-ring (bicyclic) bond motifs is 1. The van der Waals surface area contributed by atoms with Gasteiger partial charge in [0.05, 0.1) is 29.9 Å². The molecule has 1 N–H and O–H groups in total. The van der Waals surface area contributed by atoms with Crippen LogP contribution >= 0.6 is 0 Å². The van der Waals surface area contributed by atoms with Crippen molar-refractivity contribution in [3.05, 3.63) is 59.9 Å². The highest BCUT2D eigenvalue weighted by atomic mass is 16.5. The maximum Gasteiger partial charge on any atom is 0.228 e. The summed E-state index contributed by atoms with van der Waals surface area (Å²) in [6, 6.07) is 16.5. The van der Waals surface area contributed by atoms with E-state index in [1.54, 1.807) is 0 Å². The van der Waals surface area contributed by atoms with Crippen LogP contribution in [-0.4, -0.2) is 51.6 Å². The van der Waals surface area contributed by atoms with E-state index in [9.17, 15) is 4.79 Å². The molecule has 2 aromatic heterocycles. The molecule has 8 heteroatoms. The minimum Gasteiger partial charge on any atom is -0.378 e. The zero-order valence-corrected chi connectivity index (χ0v) is 20.7. The third-order valence-corrected chi connectivity index (χ3v) is 6.88. The molecule has 0 radical (unpaired) electrons. The van der Waals surface area contributed by atoms with Crippen LogP contribution in [0.25, 0.3) is 22.3 Å². The van der Waals surface area contributed by atoms with Crippen molar-refractivity contribution in [1.29, 1.82) is 0 Å². The largest absolute Gasteiger partial charge is 0.378 e. The molecule has 1 aliphatic carbocycles. The Labute approximate surface area is 210 Å². The second-order valence-corrected chi connectivity index (χ2v) is 9.48. The van der Waals surface area contributed by atoms with Crippen LogP contribution < -0.4 is 10.2 Å². The lowest BCUT2D eigenvalue weighted by Gasteiger charge is -2.27. The molecule has 2 aromatic carbocycles. The van der Waals surface area contributed by atoms with Gasteiger partial charge in [0.2, 0.25) is 5.95 Å². The number of carbonyl (C=O) groups excluding carboxylic acids is 1. The predicted octanol–water partition coefficient (Wildman–Crippen LogP) is 5.31. The normalized spacial score (nSPS) is 15.9. The molecule has 4 aromatic rings. The first-order valence-corrected chi connectivity index (χ1v) is 12.7.